The van der Waals surface area contributed by atoms with Crippen molar-refractivity contribution >= 4 is 0 Å². The van der Waals surface area contributed by atoms with Crippen LogP contribution in [0.25, 0.3) is 0 Å². The smallest absolute Gasteiger partial charge is 0.0589 e. The molecule has 0 saturated heterocycles. The number of ether oxygens (including phenoxy) is 1. The van der Waals surface area contributed by atoms with Crippen molar-refractivity contribution in [3.8, 4) is 0 Å². The summed E-state index contributed by atoms with van der Waals surface area (Å²) in [6.45, 7) is 9.97. The Balaban J connectivity index is 2.65. The third-order valence-corrected chi connectivity index (χ3v) is 3.34. The van der Waals surface area contributed by atoms with Gasteiger partial charge in [-0.3, -0.25) is 4.90 Å². The minimum absolute atomic E-state index is 0.0717. The van der Waals surface area contributed by atoms with Crippen LogP contribution in [0.4, 0.5) is 0 Å². The largest absolute Gasteiger partial charge is 0.383 e. The van der Waals surface area contributed by atoms with Gasteiger partial charge < -0.3 is 10.5 Å². The summed E-state index contributed by atoms with van der Waals surface area (Å²) in [5.74, 6) is 0. The first kappa shape index (κ1) is 15.2. The van der Waals surface area contributed by atoms with Crippen molar-refractivity contribution in [2.75, 3.05) is 33.4 Å². The van der Waals surface area contributed by atoms with Crippen LogP contribution in [0.2, 0.25) is 0 Å². The molecule has 0 fully saturated rings. The van der Waals surface area contributed by atoms with E-state index in [0.29, 0.717) is 0 Å². The molecule has 2 N–H and O–H groups in total. The Hall–Kier alpha value is -0.900. The van der Waals surface area contributed by atoms with Crippen molar-refractivity contribution in [3.63, 3.8) is 0 Å². The second-order valence-electron chi connectivity index (χ2n) is 4.85. The van der Waals surface area contributed by atoms with Crippen molar-refractivity contribution < 1.29 is 4.74 Å². The summed E-state index contributed by atoms with van der Waals surface area (Å²) in [4.78, 5) is 2.33. The lowest BCUT2D eigenvalue weighted by molar-refractivity contribution is 0.147. The van der Waals surface area contributed by atoms with Crippen molar-refractivity contribution in [2.24, 2.45) is 5.73 Å². The van der Waals surface area contributed by atoms with E-state index in [1.54, 1.807) is 7.11 Å². The van der Waals surface area contributed by atoms with Crippen LogP contribution < -0.4 is 5.73 Å². The highest BCUT2D eigenvalue weighted by Crippen LogP contribution is 2.18. The minimum Gasteiger partial charge on any atom is -0.383 e. The lowest BCUT2D eigenvalue weighted by Gasteiger charge is -2.25. The standard InChI is InChI=1S/C15H26N2O/c1-5-17(8-9-18-4)11-15(16)14-7-6-12(2)10-13(14)3/h6-7,10,15H,5,8-9,11,16H2,1-4H3. The van der Waals surface area contributed by atoms with E-state index in [1.165, 1.54) is 16.7 Å². The van der Waals surface area contributed by atoms with E-state index in [0.717, 1.165) is 26.2 Å². The van der Waals surface area contributed by atoms with E-state index in [4.69, 9.17) is 10.5 Å². The lowest BCUT2D eigenvalue weighted by Crippen LogP contribution is -2.34. The van der Waals surface area contributed by atoms with Crippen LogP contribution in [-0.2, 0) is 4.74 Å². The van der Waals surface area contributed by atoms with Gasteiger partial charge in [-0.05, 0) is 31.5 Å². The van der Waals surface area contributed by atoms with Crippen LogP contribution in [-0.4, -0.2) is 38.3 Å². The van der Waals surface area contributed by atoms with Crippen LogP contribution >= 0.6 is 0 Å². The van der Waals surface area contributed by atoms with Gasteiger partial charge in [-0.2, -0.15) is 0 Å². The summed E-state index contributed by atoms with van der Waals surface area (Å²) in [5, 5.41) is 0. The molecular weight excluding hydrogens is 224 g/mol. The summed E-state index contributed by atoms with van der Waals surface area (Å²) in [6, 6.07) is 6.55. The molecule has 1 rings (SSSR count). The third-order valence-electron chi connectivity index (χ3n) is 3.34. The maximum atomic E-state index is 6.31. The monoisotopic (exact) mass is 250 g/mol. The number of hydrogen-bond donors (Lipinski definition) is 1. The minimum atomic E-state index is 0.0717. The van der Waals surface area contributed by atoms with E-state index in [2.05, 4.69) is 43.9 Å². The highest BCUT2D eigenvalue weighted by molar-refractivity contribution is 5.32. The zero-order valence-electron chi connectivity index (χ0n) is 12.1. The molecule has 3 heteroatoms. The molecule has 102 valence electrons. The number of hydrogen-bond acceptors (Lipinski definition) is 3. The van der Waals surface area contributed by atoms with Crippen LogP contribution in [0.3, 0.4) is 0 Å². The zero-order chi connectivity index (χ0) is 13.5. The van der Waals surface area contributed by atoms with Crippen molar-refractivity contribution in [2.45, 2.75) is 26.8 Å². The molecular formula is C15H26N2O. The van der Waals surface area contributed by atoms with Crippen LogP contribution in [0.5, 0.6) is 0 Å². The average Bonchev–Trinajstić information content (AvgIpc) is 2.34. The van der Waals surface area contributed by atoms with Crippen molar-refractivity contribution in [1.29, 1.82) is 0 Å². The Morgan fingerprint density at radius 3 is 2.61 bits per heavy atom. The first-order valence-electron chi connectivity index (χ1n) is 6.62. The van der Waals surface area contributed by atoms with Gasteiger partial charge in [0.25, 0.3) is 0 Å². The Morgan fingerprint density at radius 1 is 1.33 bits per heavy atom. The van der Waals surface area contributed by atoms with E-state index >= 15 is 0 Å². The third kappa shape index (κ3) is 4.41. The topological polar surface area (TPSA) is 38.5 Å². The van der Waals surface area contributed by atoms with Gasteiger partial charge in [0.1, 0.15) is 0 Å². The molecule has 0 heterocycles. The maximum Gasteiger partial charge on any atom is 0.0589 e. The Morgan fingerprint density at radius 2 is 2.06 bits per heavy atom. The second kappa shape index (κ2) is 7.52. The molecule has 0 saturated carbocycles. The predicted octanol–water partition coefficient (Wildman–Crippen LogP) is 2.27. The van der Waals surface area contributed by atoms with Gasteiger partial charge >= 0.3 is 0 Å². The van der Waals surface area contributed by atoms with Gasteiger partial charge in [-0.1, -0.05) is 30.7 Å². The number of methoxy groups -OCH3 is 1. The summed E-state index contributed by atoms with van der Waals surface area (Å²) in [7, 11) is 1.73. The summed E-state index contributed by atoms with van der Waals surface area (Å²) in [6.07, 6.45) is 0. The van der Waals surface area contributed by atoms with Crippen molar-refractivity contribution in [3.05, 3.63) is 34.9 Å². The average molecular weight is 250 g/mol. The van der Waals surface area contributed by atoms with Crippen LogP contribution in [0, 0.1) is 13.8 Å². The predicted molar refractivity (Wildman–Crippen MR) is 76.8 cm³/mol. The van der Waals surface area contributed by atoms with Gasteiger partial charge in [0.05, 0.1) is 6.61 Å². The molecule has 0 aliphatic heterocycles. The molecule has 0 aliphatic rings. The number of aryl methyl sites for hydroxylation is 2. The number of rotatable bonds is 7. The van der Waals surface area contributed by atoms with E-state index < -0.39 is 0 Å². The highest BCUT2D eigenvalue weighted by Gasteiger charge is 2.12. The molecule has 18 heavy (non-hydrogen) atoms. The van der Waals surface area contributed by atoms with E-state index in [1.807, 2.05) is 0 Å². The molecule has 1 atom stereocenters. The number of nitrogens with zero attached hydrogens (tertiary/aromatic N) is 1. The van der Waals surface area contributed by atoms with Gasteiger partial charge in [-0.15, -0.1) is 0 Å². The molecule has 0 spiro atoms. The molecule has 3 nitrogen and oxygen atoms in total. The number of likely N-dealkylation sites (N-methyl/N-ethyl adjacent to an activating group) is 1. The molecule has 1 aromatic rings. The summed E-state index contributed by atoms with van der Waals surface area (Å²) in [5.41, 5.74) is 10.1. The Labute approximate surface area is 111 Å². The van der Waals surface area contributed by atoms with Gasteiger partial charge in [0.15, 0.2) is 0 Å². The van der Waals surface area contributed by atoms with Gasteiger partial charge in [0.2, 0.25) is 0 Å². The normalized spacial score (nSPS) is 13.0. The Bertz CT molecular complexity index is 366. The highest BCUT2D eigenvalue weighted by atomic mass is 16.5. The number of nitrogens with two attached hydrogens (primary N) is 1. The SMILES string of the molecule is CCN(CCOC)CC(N)c1ccc(C)cc1C. The Kier molecular flexibility index (Phi) is 6.33. The molecule has 0 aliphatic carbocycles. The molecule has 1 unspecified atom stereocenters. The fourth-order valence-electron chi connectivity index (χ4n) is 2.22. The fourth-order valence-corrected chi connectivity index (χ4v) is 2.22. The maximum absolute atomic E-state index is 6.31. The zero-order valence-corrected chi connectivity index (χ0v) is 12.1. The first-order valence-corrected chi connectivity index (χ1v) is 6.62. The summed E-state index contributed by atoms with van der Waals surface area (Å²) >= 11 is 0. The molecule has 0 aromatic heterocycles. The van der Waals surface area contributed by atoms with Crippen LogP contribution in [0.1, 0.15) is 29.7 Å². The molecule has 0 amide bonds. The molecule has 0 bridgehead atoms. The first-order chi connectivity index (χ1) is 8.58. The van der Waals surface area contributed by atoms with E-state index in [9.17, 15) is 0 Å². The fraction of sp³-hybridized carbons (Fsp3) is 0.600. The van der Waals surface area contributed by atoms with Crippen LogP contribution in [0.15, 0.2) is 18.2 Å². The lowest BCUT2D eigenvalue weighted by atomic mass is 9.99. The van der Waals surface area contributed by atoms with Gasteiger partial charge in [0, 0.05) is 26.2 Å². The quantitative estimate of drug-likeness (QED) is 0.807. The van der Waals surface area contributed by atoms with Crippen molar-refractivity contribution in [1.82, 2.24) is 4.90 Å². The van der Waals surface area contributed by atoms with E-state index in [-0.39, 0.29) is 6.04 Å². The molecule has 0 radical (unpaired) electrons. The summed E-state index contributed by atoms with van der Waals surface area (Å²) < 4.78 is 5.12. The number of benzene rings is 1. The second-order valence-corrected chi connectivity index (χ2v) is 4.85. The molecule has 1 aromatic carbocycles. The van der Waals surface area contributed by atoms with Gasteiger partial charge in [-0.25, -0.2) is 0 Å².